The zero-order chi connectivity index (χ0) is 25.4. The second-order valence-corrected chi connectivity index (χ2v) is 9.43. The van der Waals surface area contributed by atoms with Crippen molar-refractivity contribution in [3.8, 4) is 5.75 Å². The van der Waals surface area contributed by atoms with Gasteiger partial charge in [0.15, 0.2) is 0 Å². The predicted molar refractivity (Wildman–Crippen MR) is 139 cm³/mol. The Morgan fingerprint density at radius 3 is 2.40 bits per heavy atom. The van der Waals surface area contributed by atoms with E-state index in [1.165, 1.54) is 11.1 Å². The van der Waals surface area contributed by atoms with Crippen molar-refractivity contribution in [2.45, 2.75) is 59.6 Å². The summed E-state index contributed by atoms with van der Waals surface area (Å²) in [6.07, 6.45) is 1.06. The Hall–Kier alpha value is -3.60. The molecule has 0 aliphatic carbocycles. The molecule has 0 spiro atoms. The number of carbonyl (C=O) groups is 2. The second kappa shape index (κ2) is 12.2. The Labute approximate surface area is 208 Å². The minimum absolute atomic E-state index is 0.0352. The summed E-state index contributed by atoms with van der Waals surface area (Å²) in [6.45, 7) is 8.77. The van der Waals surface area contributed by atoms with Gasteiger partial charge in [0.1, 0.15) is 12.4 Å². The summed E-state index contributed by atoms with van der Waals surface area (Å²) in [4.78, 5) is 24.8. The van der Waals surface area contributed by atoms with E-state index in [9.17, 15) is 14.7 Å². The van der Waals surface area contributed by atoms with Crippen LogP contribution in [-0.2, 0) is 17.8 Å². The summed E-state index contributed by atoms with van der Waals surface area (Å²) < 4.78 is 5.87. The molecule has 0 saturated heterocycles. The molecular weight excluding hydrogens is 438 g/mol. The lowest BCUT2D eigenvalue weighted by Crippen LogP contribution is -2.31. The van der Waals surface area contributed by atoms with Crippen LogP contribution in [0.25, 0.3) is 0 Å². The number of aryl methyl sites for hydroxylation is 2. The van der Waals surface area contributed by atoms with Crippen LogP contribution >= 0.6 is 0 Å². The third-order valence-corrected chi connectivity index (χ3v) is 6.21. The van der Waals surface area contributed by atoms with Crippen LogP contribution < -0.4 is 10.1 Å². The zero-order valence-electron chi connectivity index (χ0n) is 21.0. The lowest BCUT2D eigenvalue weighted by molar-refractivity contribution is -0.136. The van der Waals surface area contributed by atoms with E-state index in [1.807, 2.05) is 54.6 Å². The number of carboxylic acid groups (broad SMARTS) is 1. The van der Waals surface area contributed by atoms with Gasteiger partial charge < -0.3 is 15.2 Å². The van der Waals surface area contributed by atoms with Gasteiger partial charge in [0.2, 0.25) is 0 Å². The third kappa shape index (κ3) is 7.44. The molecule has 5 heteroatoms. The summed E-state index contributed by atoms with van der Waals surface area (Å²) in [5, 5.41) is 12.4. The number of carbonyl (C=O) groups excluding carboxylic acids is 1. The fourth-order valence-corrected chi connectivity index (χ4v) is 4.19. The lowest BCUT2D eigenvalue weighted by atomic mass is 9.91. The van der Waals surface area contributed by atoms with Crippen molar-refractivity contribution in [3.63, 3.8) is 0 Å². The van der Waals surface area contributed by atoms with E-state index in [-0.39, 0.29) is 24.8 Å². The van der Waals surface area contributed by atoms with Crippen molar-refractivity contribution in [2.75, 3.05) is 0 Å². The molecule has 0 aromatic heterocycles. The average Bonchev–Trinajstić information content (AvgIpc) is 2.83. The van der Waals surface area contributed by atoms with Gasteiger partial charge >= 0.3 is 5.97 Å². The largest absolute Gasteiger partial charge is 0.489 e. The molecule has 0 saturated carbocycles. The highest BCUT2D eigenvalue weighted by molar-refractivity contribution is 5.96. The van der Waals surface area contributed by atoms with Crippen molar-refractivity contribution in [3.05, 3.63) is 100 Å². The topological polar surface area (TPSA) is 75.6 Å². The minimum atomic E-state index is -0.888. The number of rotatable bonds is 11. The summed E-state index contributed by atoms with van der Waals surface area (Å²) in [5.74, 6) is 0.0529. The Morgan fingerprint density at radius 2 is 1.71 bits per heavy atom. The molecule has 0 bridgehead atoms. The zero-order valence-corrected chi connectivity index (χ0v) is 21.0. The maximum atomic E-state index is 13.6. The molecule has 1 amide bonds. The maximum absolute atomic E-state index is 13.6. The first kappa shape index (κ1) is 26.0. The second-order valence-electron chi connectivity index (χ2n) is 9.43. The van der Waals surface area contributed by atoms with Crippen LogP contribution in [0.1, 0.15) is 70.9 Å². The molecule has 3 aromatic rings. The van der Waals surface area contributed by atoms with Gasteiger partial charge in [0, 0.05) is 12.0 Å². The summed E-state index contributed by atoms with van der Waals surface area (Å²) in [5.41, 5.74) is 5.55. The van der Waals surface area contributed by atoms with Crippen LogP contribution in [0.4, 0.5) is 0 Å². The Kier molecular flexibility index (Phi) is 9.07. The van der Waals surface area contributed by atoms with Crippen molar-refractivity contribution >= 4 is 11.9 Å². The molecule has 2 N–H and O–H groups in total. The molecule has 5 nitrogen and oxygen atoms in total. The van der Waals surface area contributed by atoms with Crippen LogP contribution in [-0.4, -0.2) is 17.0 Å². The number of nitrogens with one attached hydrogen (secondary N) is 1. The maximum Gasteiger partial charge on any atom is 0.303 e. The Bertz CT molecular complexity index is 1150. The molecule has 1 atom stereocenters. The fraction of sp³-hybridized carbons (Fsp3) is 0.333. The third-order valence-electron chi connectivity index (χ3n) is 6.21. The molecule has 3 rings (SSSR count). The quantitative estimate of drug-likeness (QED) is 0.337. The first-order chi connectivity index (χ1) is 16.7. The van der Waals surface area contributed by atoms with Gasteiger partial charge in [-0.3, -0.25) is 9.59 Å². The van der Waals surface area contributed by atoms with Gasteiger partial charge in [-0.25, -0.2) is 0 Å². The van der Waals surface area contributed by atoms with Crippen molar-refractivity contribution in [2.24, 2.45) is 5.92 Å². The molecule has 0 heterocycles. The van der Waals surface area contributed by atoms with Crippen molar-refractivity contribution in [1.82, 2.24) is 5.32 Å². The summed E-state index contributed by atoms with van der Waals surface area (Å²) in [7, 11) is 0. The van der Waals surface area contributed by atoms with E-state index in [4.69, 9.17) is 4.74 Å². The van der Waals surface area contributed by atoms with Crippen LogP contribution in [0, 0.1) is 19.8 Å². The van der Waals surface area contributed by atoms with Crippen LogP contribution in [0.15, 0.2) is 66.7 Å². The highest BCUT2D eigenvalue weighted by atomic mass is 16.5. The molecule has 1 unspecified atom stereocenters. The predicted octanol–water partition coefficient (Wildman–Crippen LogP) is 6.42. The molecule has 3 aromatic carbocycles. The molecule has 0 aliphatic rings. The highest BCUT2D eigenvalue weighted by Crippen LogP contribution is 2.27. The molecule has 0 aliphatic heterocycles. The number of carboxylic acids is 1. The molecule has 35 heavy (non-hydrogen) atoms. The number of benzene rings is 3. The number of hydrogen-bond donors (Lipinski definition) is 2. The smallest absolute Gasteiger partial charge is 0.303 e. The first-order valence-corrected chi connectivity index (χ1v) is 12.1. The van der Waals surface area contributed by atoms with Crippen molar-refractivity contribution in [1.29, 1.82) is 0 Å². The number of amides is 1. The van der Waals surface area contributed by atoms with Gasteiger partial charge in [-0.1, -0.05) is 62.4 Å². The normalized spacial score (nSPS) is 11.8. The van der Waals surface area contributed by atoms with E-state index in [1.54, 1.807) is 0 Å². The van der Waals surface area contributed by atoms with Gasteiger partial charge in [-0.15, -0.1) is 0 Å². The van der Waals surface area contributed by atoms with E-state index in [0.29, 0.717) is 18.1 Å². The molecule has 184 valence electrons. The standard InChI is InChI=1S/C30H35NO4/c1-20(2)17-28(26-12-8-9-21(3)22(26)4)31-30(34)27-18-23(13-14-24(27)15-16-29(32)33)19-35-25-10-6-5-7-11-25/h5-14,18,20,28H,15-17,19H2,1-4H3,(H,31,34)(H,32,33). The van der Waals surface area contributed by atoms with E-state index >= 15 is 0 Å². The average molecular weight is 474 g/mol. The van der Waals surface area contributed by atoms with E-state index in [2.05, 4.69) is 45.1 Å². The minimum Gasteiger partial charge on any atom is -0.489 e. The Balaban J connectivity index is 1.89. The van der Waals surface area contributed by atoms with E-state index < -0.39 is 5.97 Å². The van der Waals surface area contributed by atoms with Gasteiger partial charge in [0.05, 0.1) is 6.04 Å². The van der Waals surface area contributed by atoms with Crippen LogP contribution in [0.3, 0.4) is 0 Å². The van der Waals surface area contributed by atoms with E-state index in [0.717, 1.165) is 28.9 Å². The van der Waals surface area contributed by atoms with Crippen LogP contribution in [0.2, 0.25) is 0 Å². The molecule has 0 fully saturated rings. The van der Waals surface area contributed by atoms with Gasteiger partial charge in [-0.05, 0) is 78.6 Å². The lowest BCUT2D eigenvalue weighted by Gasteiger charge is -2.24. The fourth-order valence-electron chi connectivity index (χ4n) is 4.19. The highest BCUT2D eigenvalue weighted by Gasteiger charge is 2.21. The SMILES string of the molecule is Cc1cccc(C(CC(C)C)NC(=O)c2cc(COc3ccccc3)ccc2CCC(=O)O)c1C. The molecule has 0 radical (unpaired) electrons. The number of ether oxygens (including phenoxy) is 1. The number of para-hydroxylation sites is 1. The number of hydrogen-bond acceptors (Lipinski definition) is 3. The molecular formula is C30H35NO4. The van der Waals surface area contributed by atoms with Crippen LogP contribution in [0.5, 0.6) is 5.75 Å². The van der Waals surface area contributed by atoms with Gasteiger partial charge in [-0.2, -0.15) is 0 Å². The monoisotopic (exact) mass is 473 g/mol. The first-order valence-electron chi connectivity index (χ1n) is 12.1. The summed E-state index contributed by atoms with van der Waals surface area (Å²) in [6, 6.07) is 21.1. The Morgan fingerprint density at radius 1 is 0.971 bits per heavy atom. The number of aliphatic carboxylic acids is 1. The summed E-state index contributed by atoms with van der Waals surface area (Å²) >= 11 is 0. The van der Waals surface area contributed by atoms with Crippen molar-refractivity contribution < 1.29 is 19.4 Å². The van der Waals surface area contributed by atoms with Gasteiger partial charge in [0.25, 0.3) is 5.91 Å².